The first-order valence-corrected chi connectivity index (χ1v) is 8.47. The van der Waals surface area contributed by atoms with Gasteiger partial charge in [0.25, 0.3) is 5.91 Å². The maximum absolute atomic E-state index is 12.5. The molecule has 0 saturated carbocycles. The number of para-hydroxylation sites is 2. The molecule has 0 unspecified atom stereocenters. The van der Waals surface area contributed by atoms with Crippen molar-refractivity contribution in [2.45, 2.75) is 19.6 Å². The first kappa shape index (κ1) is 16.9. The number of aliphatic hydroxyl groups is 1. The van der Waals surface area contributed by atoms with Gasteiger partial charge in [0.2, 0.25) is 5.95 Å². The number of aliphatic hydroxyl groups excluding tert-OH is 1. The van der Waals surface area contributed by atoms with Crippen LogP contribution in [0.5, 0.6) is 0 Å². The van der Waals surface area contributed by atoms with Crippen LogP contribution in [0, 0.1) is 0 Å². The standard InChI is InChI=1S/C19H17N5O3/c25-12-14-11-16(23-27-14)18(26)22-19-21-15-6-1-2-7-17(15)24(19)10-8-13-5-3-4-9-20-13/h1-7,9,11,25H,8,10,12H2,(H,21,22,26). The lowest BCUT2D eigenvalue weighted by atomic mass is 10.2. The first-order chi connectivity index (χ1) is 13.2. The van der Waals surface area contributed by atoms with Crippen molar-refractivity contribution in [2.75, 3.05) is 5.32 Å². The summed E-state index contributed by atoms with van der Waals surface area (Å²) < 4.78 is 6.81. The maximum Gasteiger partial charge on any atom is 0.280 e. The molecule has 8 nitrogen and oxygen atoms in total. The number of imidazole rings is 1. The summed E-state index contributed by atoms with van der Waals surface area (Å²) in [6, 6.07) is 14.9. The highest BCUT2D eigenvalue weighted by molar-refractivity contribution is 6.02. The fourth-order valence-corrected chi connectivity index (χ4v) is 2.83. The number of benzene rings is 1. The number of carbonyl (C=O) groups excluding carboxylic acids is 1. The minimum Gasteiger partial charge on any atom is -0.388 e. The fourth-order valence-electron chi connectivity index (χ4n) is 2.83. The molecule has 1 amide bonds. The smallest absolute Gasteiger partial charge is 0.280 e. The van der Waals surface area contributed by atoms with Gasteiger partial charge in [0.05, 0.1) is 11.0 Å². The maximum atomic E-state index is 12.5. The number of hydrogen-bond acceptors (Lipinski definition) is 6. The monoisotopic (exact) mass is 363 g/mol. The third-order valence-electron chi connectivity index (χ3n) is 4.15. The molecular weight excluding hydrogens is 346 g/mol. The summed E-state index contributed by atoms with van der Waals surface area (Å²) in [6.07, 6.45) is 2.45. The lowest BCUT2D eigenvalue weighted by Gasteiger charge is -2.09. The summed E-state index contributed by atoms with van der Waals surface area (Å²) in [5.41, 5.74) is 2.74. The number of rotatable bonds is 6. The zero-order valence-corrected chi connectivity index (χ0v) is 14.4. The van der Waals surface area contributed by atoms with E-state index in [4.69, 9.17) is 9.63 Å². The van der Waals surface area contributed by atoms with Crippen molar-refractivity contribution in [2.24, 2.45) is 0 Å². The zero-order chi connectivity index (χ0) is 18.6. The summed E-state index contributed by atoms with van der Waals surface area (Å²) in [6.45, 7) is 0.288. The van der Waals surface area contributed by atoms with Gasteiger partial charge < -0.3 is 14.2 Å². The molecule has 27 heavy (non-hydrogen) atoms. The summed E-state index contributed by atoms with van der Waals surface area (Å²) in [4.78, 5) is 21.3. The van der Waals surface area contributed by atoms with Crippen molar-refractivity contribution in [3.8, 4) is 0 Å². The van der Waals surface area contributed by atoms with Crippen molar-refractivity contribution in [1.29, 1.82) is 0 Å². The minimum atomic E-state index is -0.451. The molecule has 3 heterocycles. The Morgan fingerprint density at radius 3 is 2.81 bits per heavy atom. The first-order valence-electron chi connectivity index (χ1n) is 8.47. The fraction of sp³-hybridized carbons (Fsp3) is 0.158. The van der Waals surface area contributed by atoms with E-state index in [1.54, 1.807) is 6.20 Å². The van der Waals surface area contributed by atoms with Crippen molar-refractivity contribution >= 4 is 22.9 Å². The van der Waals surface area contributed by atoms with E-state index in [9.17, 15) is 4.79 Å². The van der Waals surface area contributed by atoms with Crippen molar-refractivity contribution < 1.29 is 14.4 Å². The molecule has 2 N–H and O–H groups in total. The second-order valence-electron chi connectivity index (χ2n) is 5.94. The molecule has 4 aromatic rings. The van der Waals surface area contributed by atoms with Crippen LogP contribution in [0.4, 0.5) is 5.95 Å². The Morgan fingerprint density at radius 1 is 1.19 bits per heavy atom. The SMILES string of the molecule is O=C(Nc1nc2ccccc2n1CCc1ccccn1)c1cc(CO)on1. The third-order valence-corrected chi connectivity index (χ3v) is 4.15. The van der Waals surface area contributed by atoms with Crippen molar-refractivity contribution in [1.82, 2.24) is 19.7 Å². The van der Waals surface area contributed by atoms with E-state index in [1.807, 2.05) is 47.0 Å². The van der Waals surface area contributed by atoms with Gasteiger partial charge in [0, 0.05) is 30.9 Å². The van der Waals surface area contributed by atoms with Gasteiger partial charge in [0.1, 0.15) is 6.61 Å². The van der Waals surface area contributed by atoms with Crippen LogP contribution in [-0.2, 0) is 19.6 Å². The molecule has 0 bridgehead atoms. The van der Waals surface area contributed by atoms with Gasteiger partial charge in [-0.2, -0.15) is 0 Å². The number of nitrogens with zero attached hydrogens (tertiary/aromatic N) is 4. The topological polar surface area (TPSA) is 106 Å². The van der Waals surface area contributed by atoms with Gasteiger partial charge in [-0.25, -0.2) is 4.98 Å². The van der Waals surface area contributed by atoms with Gasteiger partial charge in [0.15, 0.2) is 11.5 Å². The number of nitrogens with one attached hydrogen (secondary N) is 1. The van der Waals surface area contributed by atoms with Crippen LogP contribution in [0.1, 0.15) is 21.9 Å². The van der Waals surface area contributed by atoms with Gasteiger partial charge >= 0.3 is 0 Å². The van der Waals surface area contributed by atoms with Crippen LogP contribution >= 0.6 is 0 Å². The van der Waals surface area contributed by atoms with E-state index in [2.05, 4.69) is 20.4 Å². The molecule has 4 rings (SSSR count). The van der Waals surface area contributed by atoms with E-state index in [0.717, 1.165) is 16.7 Å². The number of aromatic nitrogens is 4. The number of carbonyl (C=O) groups is 1. The highest BCUT2D eigenvalue weighted by atomic mass is 16.5. The molecule has 0 atom stereocenters. The molecule has 0 aliphatic rings. The Morgan fingerprint density at radius 2 is 2.04 bits per heavy atom. The number of anilines is 1. The Balaban J connectivity index is 1.62. The molecule has 3 aromatic heterocycles. The van der Waals surface area contributed by atoms with Gasteiger partial charge in [-0.15, -0.1) is 0 Å². The van der Waals surface area contributed by atoms with E-state index in [1.165, 1.54) is 6.07 Å². The number of hydrogen-bond donors (Lipinski definition) is 2. The Bertz CT molecular complexity index is 1070. The van der Waals surface area contributed by atoms with E-state index >= 15 is 0 Å². The van der Waals surface area contributed by atoms with Gasteiger partial charge in [-0.1, -0.05) is 23.4 Å². The van der Waals surface area contributed by atoms with Crippen LogP contribution in [0.15, 0.2) is 59.3 Å². The van der Waals surface area contributed by atoms with E-state index in [0.29, 0.717) is 18.9 Å². The largest absolute Gasteiger partial charge is 0.388 e. The molecule has 0 aliphatic heterocycles. The molecule has 8 heteroatoms. The summed E-state index contributed by atoms with van der Waals surface area (Å²) in [5, 5.41) is 15.5. The highest BCUT2D eigenvalue weighted by Gasteiger charge is 2.17. The lowest BCUT2D eigenvalue weighted by Crippen LogP contribution is -2.17. The second kappa shape index (κ2) is 7.38. The number of pyridine rings is 1. The zero-order valence-electron chi connectivity index (χ0n) is 14.4. The van der Waals surface area contributed by atoms with Crippen LogP contribution in [-0.4, -0.2) is 30.7 Å². The van der Waals surface area contributed by atoms with Crippen LogP contribution in [0.2, 0.25) is 0 Å². The molecular formula is C19H17N5O3. The predicted octanol–water partition coefficient (Wildman–Crippen LogP) is 2.41. The van der Waals surface area contributed by atoms with Crippen molar-refractivity contribution in [3.05, 3.63) is 71.9 Å². The Labute approximate surface area is 154 Å². The molecule has 0 fully saturated rings. The molecule has 1 aromatic carbocycles. The predicted molar refractivity (Wildman–Crippen MR) is 98.1 cm³/mol. The molecule has 0 radical (unpaired) electrons. The van der Waals surface area contributed by atoms with Crippen LogP contribution in [0.3, 0.4) is 0 Å². The minimum absolute atomic E-state index is 0.0855. The molecule has 136 valence electrons. The highest BCUT2D eigenvalue weighted by Crippen LogP contribution is 2.21. The van der Waals surface area contributed by atoms with Gasteiger partial charge in [-0.3, -0.25) is 15.1 Å². The average molecular weight is 363 g/mol. The summed E-state index contributed by atoms with van der Waals surface area (Å²) in [5.74, 6) is 0.197. The normalized spacial score (nSPS) is 11.0. The summed E-state index contributed by atoms with van der Waals surface area (Å²) in [7, 11) is 0. The van der Waals surface area contributed by atoms with Crippen LogP contribution < -0.4 is 5.32 Å². The average Bonchev–Trinajstić information content (AvgIpc) is 3.32. The summed E-state index contributed by atoms with van der Waals surface area (Å²) >= 11 is 0. The van der Waals surface area contributed by atoms with E-state index < -0.39 is 5.91 Å². The Kier molecular flexibility index (Phi) is 4.63. The van der Waals surface area contributed by atoms with E-state index in [-0.39, 0.29) is 18.1 Å². The molecule has 0 aliphatic carbocycles. The second-order valence-corrected chi connectivity index (χ2v) is 5.94. The Hall–Kier alpha value is -3.52. The number of amides is 1. The quantitative estimate of drug-likeness (QED) is 0.545. The third kappa shape index (κ3) is 3.56. The lowest BCUT2D eigenvalue weighted by molar-refractivity contribution is 0.101. The van der Waals surface area contributed by atoms with Crippen molar-refractivity contribution in [3.63, 3.8) is 0 Å². The number of aryl methyl sites for hydroxylation is 2. The molecule has 0 spiro atoms. The molecule has 0 saturated heterocycles. The van der Waals surface area contributed by atoms with Gasteiger partial charge in [-0.05, 0) is 24.3 Å². The number of fused-ring (bicyclic) bond motifs is 1. The van der Waals surface area contributed by atoms with Crippen LogP contribution in [0.25, 0.3) is 11.0 Å².